The smallest absolute Gasteiger partial charge is 0.168 e. The molecule has 3 N–H and O–H groups in total. The van der Waals surface area contributed by atoms with Crippen LogP contribution in [0.15, 0.2) is 0 Å². The van der Waals surface area contributed by atoms with Gasteiger partial charge in [0.05, 0.1) is 17.5 Å². The number of nitriles is 1. The fraction of sp³-hybridized carbons (Fsp3) is 0.692. The first-order valence-electron chi connectivity index (χ1n) is 7.16. The summed E-state index contributed by atoms with van der Waals surface area (Å²) in [6.45, 7) is 2.06. The van der Waals surface area contributed by atoms with Gasteiger partial charge in [-0.25, -0.2) is 13.1 Å². The maximum absolute atomic E-state index is 11.6. The number of hydrogen-bond donors (Lipinski definition) is 2. The van der Waals surface area contributed by atoms with E-state index in [-0.39, 0.29) is 29.4 Å². The number of nitrogens with two attached hydrogens (primary N) is 1. The fourth-order valence-corrected chi connectivity index (χ4v) is 4.53. The van der Waals surface area contributed by atoms with Gasteiger partial charge in [-0.05, 0) is 32.1 Å². The average Bonchev–Trinajstić information content (AvgIpc) is 3.14. The van der Waals surface area contributed by atoms with E-state index in [1.54, 1.807) is 0 Å². The Hall–Kier alpha value is -1.75. The molecule has 2 heterocycles. The first-order chi connectivity index (χ1) is 9.91. The van der Waals surface area contributed by atoms with E-state index in [0.717, 1.165) is 0 Å². The zero-order valence-electron chi connectivity index (χ0n) is 11.9. The van der Waals surface area contributed by atoms with Gasteiger partial charge in [0.25, 0.3) is 0 Å². The summed E-state index contributed by atoms with van der Waals surface area (Å²) in [6.07, 6.45) is 2.87. The second-order valence-electron chi connectivity index (χ2n) is 5.99. The fourth-order valence-electron chi connectivity index (χ4n) is 2.84. The lowest BCUT2D eigenvalue weighted by Crippen LogP contribution is -2.19. The van der Waals surface area contributed by atoms with Crippen molar-refractivity contribution in [3.8, 4) is 6.07 Å². The van der Waals surface area contributed by atoms with Gasteiger partial charge >= 0.3 is 0 Å². The lowest BCUT2D eigenvalue weighted by molar-refractivity contribution is 0.507. The van der Waals surface area contributed by atoms with Crippen molar-refractivity contribution in [2.24, 2.45) is 5.92 Å². The van der Waals surface area contributed by atoms with Crippen LogP contribution in [0.1, 0.15) is 37.8 Å². The molecule has 3 rings (SSSR count). The number of aromatic nitrogens is 2. The number of anilines is 2. The lowest BCUT2D eigenvalue weighted by atomic mass is 10.2. The van der Waals surface area contributed by atoms with Gasteiger partial charge in [0.2, 0.25) is 0 Å². The number of sulfone groups is 1. The summed E-state index contributed by atoms with van der Waals surface area (Å²) >= 11 is 0. The molecule has 1 saturated carbocycles. The summed E-state index contributed by atoms with van der Waals surface area (Å²) in [5.41, 5.74) is 6.31. The Bertz CT molecular complexity index is 699. The molecule has 1 aliphatic carbocycles. The third-order valence-electron chi connectivity index (χ3n) is 4.31. The SMILES string of the molecule is CC(Nc1nn(C2CCS(=O)(=O)C2)c(N)c1C#N)C1CC1. The maximum Gasteiger partial charge on any atom is 0.168 e. The number of nitrogens with zero attached hydrogens (tertiary/aromatic N) is 3. The first-order valence-corrected chi connectivity index (χ1v) is 8.98. The zero-order valence-corrected chi connectivity index (χ0v) is 12.7. The molecule has 2 aliphatic rings. The van der Waals surface area contributed by atoms with Gasteiger partial charge < -0.3 is 11.1 Å². The topological polar surface area (TPSA) is 114 Å². The van der Waals surface area contributed by atoms with Crippen LogP contribution >= 0.6 is 0 Å². The van der Waals surface area contributed by atoms with Gasteiger partial charge in [0, 0.05) is 6.04 Å². The number of nitrogen functional groups attached to an aromatic ring is 1. The van der Waals surface area contributed by atoms with Crippen molar-refractivity contribution in [1.82, 2.24) is 9.78 Å². The van der Waals surface area contributed by atoms with Crippen LogP contribution in [-0.4, -0.2) is 35.7 Å². The van der Waals surface area contributed by atoms with Gasteiger partial charge in [0.15, 0.2) is 15.7 Å². The van der Waals surface area contributed by atoms with E-state index >= 15 is 0 Å². The normalized spacial score (nSPS) is 25.4. The molecular weight excluding hydrogens is 290 g/mol. The second-order valence-corrected chi connectivity index (χ2v) is 8.22. The molecule has 1 aromatic rings. The van der Waals surface area contributed by atoms with E-state index in [1.165, 1.54) is 17.5 Å². The molecule has 1 aromatic heterocycles. The Morgan fingerprint density at radius 3 is 2.71 bits per heavy atom. The van der Waals surface area contributed by atoms with Crippen LogP contribution < -0.4 is 11.1 Å². The van der Waals surface area contributed by atoms with Crippen LogP contribution in [0.4, 0.5) is 11.6 Å². The summed E-state index contributed by atoms with van der Waals surface area (Å²) in [4.78, 5) is 0. The van der Waals surface area contributed by atoms with Crippen LogP contribution in [0.3, 0.4) is 0 Å². The molecule has 0 bridgehead atoms. The molecule has 21 heavy (non-hydrogen) atoms. The van der Waals surface area contributed by atoms with E-state index < -0.39 is 9.84 Å². The predicted molar refractivity (Wildman–Crippen MR) is 79.5 cm³/mol. The molecule has 2 fully saturated rings. The van der Waals surface area contributed by atoms with Crippen molar-refractivity contribution in [2.45, 2.75) is 38.3 Å². The van der Waals surface area contributed by atoms with Gasteiger partial charge in [-0.1, -0.05) is 0 Å². The molecule has 0 spiro atoms. The van der Waals surface area contributed by atoms with Gasteiger partial charge in [-0.3, -0.25) is 0 Å². The Balaban J connectivity index is 1.88. The highest BCUT2D eigenvalue weighted by Gasteiger charge is 2.33. The Kier molecular flexibility index (Phi) is 3.32. The Morgan fingerprint density at radius 2 is 2.19 bits per heavy atom. The largest absolute Gasteiger partial charge is 0.383 e. The molecular formula is C13H19N5O2S. The summed E-state index contributed by atoms with van der Waals surface area (Å²) in [5.74, 6) is 1.54. The van der Waals surface area contributed by atoms with E-state index in [1.807, 2.05) is 0 Å². The van der Waals surface area contributed by atoms with Crippen molar-refractivity contribution < 1.29 is 8.42 Å². The highest BCUT2D eigenvalue weighted by molar-refractivity contribution is 7.91. The molecule has 7 nitrogen and oxygen atoms in total. The summed E-state index contributed by atoms with van der Waals surface area (Å²) in [6, 6.07) is 2.05. The molecule has 0 radical (unpaired) electrons. The van der Waals surface area contributed by atoms with Crippen molar-refractivity contribution in [3.63, 3.8) is 0 Å². The quantitative estimate of drug-likeness (QED) is 0.854. The van der Waals surface area contributed by atoms with Crippen LogP contribution in [-0.2, 0) is 9.84 Å². The van der Waals surface area contributed by atoms with Crippen LogP contribution in [0, 0.1) is 17.2 Å². The third-order valence-corrected chi connectivity index (χ3v) is 6.06. The number of nitrogens with one attached hydrogen (secondary N) is 1. The van der Waals surface area contributed by atoms with Crippen LogP contribution in [0.2, 0.25) is 0 Å². The second kappa shape index (κ2) is 4.91. The average molecular weight is 309 g/mol. The maximum atomic E-state index is 11.6. The molecule has 8 heteroatoms. The first kappa shape index (κ1) is 14.2. The molecule has 1 aliphatic heterocycles. The van der Waals surface area contributed by atoms with Crippen LogP contribution in [0.25, 0.3) is 0 Å². The molecule has 2 atom stereocenters. The summed E-state index contributed by atoms with van der Waals surface area (Å²) < 4.78 is 24.7. The van der Waals surface area contributed by atoms with Crippen molar-refractivity contribution in [3.05, 3.63) is 5.56 Å². The Labute approximate surface area is 124 Å². The highest BCUT2D eigenvalue weighted by Crippen LogP contribution is 2.35. The molecule has 1 saturated heterocycles. The van der Waals surface area contributed by atoms with Gasteiger partial charge in [-0.15, -0.1) is 0 Å². The third kappa shape index (κ3) is 2.70. The van der Waals surface area contributed by atoms with Crippen molar-refractivity contribution in [1.29, 1.82) is 5.26 Å². The number of rotatable bonds is 4. The summed E-state index contributed by atoms with van der Waals surface area (Å²) in [5, 5.41) is 16.9. The molecule has 0 amide bonds. The van der Waals surface area contributed by atoms with E-state index in [0.29, 0.717) is 23.7 Å². The van der Waals surface area contributed by atoms with Gasteiger partial charge in [-0.2, -0.15) is 10.4 Å². The number of hydrogen-bond acceptors (Lipinski definition) is 6. The minimum atomic E-state index is -3.02. The highest BCUT2D eigenvalue weighted by atomic mass is 32.2. The standard InChI is InChI=1S/C13H19N5O2S/c1-8(9-2-3-9)16-13-11(6-14)12(15)18(17-13)10-4-5-21(19,20)7-10/h8-10H,2-5,7,15H2,1H3,(H,16,17). The molecule has 0 aromatic carbocycles. The summed E-state index contributed by atoms with van der Waals surface area (Å²) in [7, 11) is -3.02. The Morgan fingerprint density at radius 1 is 1.48 bits per heavy atom. The van der Waals surface area contributed by atoms with Crippen molar-refractivity contribution >= 4 is 21.5 Å². The minimum absolute atomic E-state index is 0.0430. The molecule has 114 valence electrons. The van der Waals surface area contributed by atoms with E-state index in [2.05, 4.69) is 23.4 Å². The van der Waals surface area contributed by atoms with E-state index in [9.17, 15) is 13.7 Å². The molecule has 2 unspecified atom stereocenters. The minimum Gasteiger partial charge on any atom is -0.383 e. The lowest BCUT2D eigenvalue weighted by Gasteiger charge is -2.12. The zero-order chi connectivity index (χ0) is 15.2. The van der Waals surface area contributed by atoms with Crippen LogP contribution in [0.5, 0.6) is 0 Å². The van der Waals surface area contributed by atoms with E-state index in [4.69, 9.17) is 5.73 Å². The van der Waals surface area contributed by atoms with Gasteiger partial charge in [0.1, 0.15) is 17.5 Å². The monoisotopic (exact) mass is 309 g/mol. The van der Waals surface area contributed by atoms with Crippen molar-refractivity contribution in [2.75, 3.05) is 22.6 Å². The predicted octanol–water partition coefficient (Wildman–Crippen LogP) is 0.907.